The third-order valence-corrected chi connectivity index (χ3v) is 4.46. The lowest BCUT2D eigenvalue weighted by Crippen LogP contribution is -2.52. The summed E-state index contributed by atoms with van der Waals surface area (Å²) in [4.78, 5) is 15.6. The second-order valence-corrected chi connectivity index (χ2v) is 6.51. The Hall–Kier alpha value is -1.46. The molecule has 1 unspecified atom stereocenters. The van der Waals surface area contributed by atoms with Crippen molar-refractivity contribution in [2.45, 2.75) is 64.7 Å². The van der Waals surface area contributed by atoms with Crippen molar-refractivity contribution in [3.05, 3.63) is 24.6 Å². The first-order valence-electron chi connectivity index (χ1n) is 9.33. The van der Waals surface area contributed by atoms with Crippen LogP contribution in [-0.2, 0) is 4.79 Å². The molecule has 0 aliphatic carbocycles. The van der Waals surface area contributed by atoms with Crippen molar-refractivity contribution < 1.29 is 14.4 Å². The zero-order valence-corrected chi connectivity index (χ0v) is 15.1. The number of allylic oxidation sites excluding steroid dienone is 2. The van der Waals surface area contributed by atoms with Gasteiger partial charge in [-0.05, 0) is 19.3 Å². The monoisotopic (exact) mass is 336 g/mol. The van der Waals surface area contributed by atoms with Gasteiger partial charge in [-0.2, -0.15) is 0 Å². The lowest BCUT2D eigenvalue weighted by molar-refractivity contribution is -0.778. The van der Waals surface area contributed by atoms with Crippen LogP contribution >= 0.6 is 0 Å². The number of amidine groups is 1. The lowest BCUT2D eigenvalue weighted by Gasteiger charge is -2.30. The highest BCUT2D eigenvalue weighted by Crippen LogP contribution is 2.20. The standard InChI is InChI=1S/C19H33N3O2/c1-2-3-4-5-6-7-8-9-10-11-12-18-21-14-16-22(18,15-13-20)17-19(23)24/h9-10,14,16H,2-8,11-13,15,17,20H2,1H3/p+1/b10-9+. The van der Waals surface area contributed by atoms with Gasteiger partial charge in [0.05, 0.1) is 6.20 Å². The predicted molar refractivity (Wildman–Crippen MR) is 99.6 cm³/mol. The number of nitrogens with zero attached hydrogens (tertiary/aromatic N) is 2. The van der Waals surface area contributed by atoms with Gasteiger partial charge in [0.25, 0.3) is 0 Å². The molecule has 0 aromatic heterocycles. The molecule has 0 spiro atoms. The van der Waals surface area contributed by atoms with Gasteiger partial charge in [-0.3, -0.25) is 0 Å². The quantitative estimate of drug-likeness (QED) is 0.288. The molecule has 1 aliphatic heterocycles. The molecule has 1 aliphatic rings. The number of quaternary nitrogens is 1. The number of carbonyl (C=O) groups is 1. The number of nitrogens with two attached hydrogens (primary N) is 1. The Morgan fingerprint density at radius 2 is 1.92 bits per heavy atom. The van der Waals surface area contributed by atoms with Gasteiger partial charge in [0.1, 0.15) is 12.7 Å². The fourth-order valence-electron chi connectivity index (χ4n) is 3.12. The fourth-order valence-corrected chi connectivity index (χ4v) is 3.12. The number of unbranched alkanes of at least 4 members (excludes halogenated alkanes) is 6. The Morgan fingerprint density at radius 1 is 1.21 bits per heavy atom. The fraction of sp³-hybridized carbons (Fsp3) is 0.684. The van der Waals surface area contributed by atoms with Crippen LogP contribution in [0.5, 0.6) is 0 Å². The first-order valence-corrected chi connectivity index (χ1v) is 9.33. The van der Waals surface area contributed by atoms with E-state index in [-0.39, 0.29) is 11.0 Å². The Bertz CT molecular complexity index is 458. The van der Waals surface area contributed by atoms with E-state index >= 15 is 0 Å². The summed E-state index contributed by atoms with van der Waals surface area (Å²) in [6.45, 7) is 3.30. The maximum absolute atomic E-state index is 11.2. The smallest absolute Gasteiger partial charge is 0.360 e. The minimum atomic E-state index is -0.818. The summed E-state index contributed by atoms with van der Waals surface area (Å²) in [7, 11) is 0. The number of carboxylic acid groups (broad SMARTS) is 1. The first-order chi connectivity index (χ1) is 11.6. The molecule has 1 atom stereocenters. The van der Waals surface area contributed by atoms with Gasteiger partial charge < -0.3 is 10.8 Å². The molecule has 1 rings (SSSR count). The van der Waals surface area contributed by atoms with Crippen LogP contribution in [0.3, 0.4) is 0 Å². The zero-order chi connectivity index (χ0) is 17.7. The predicted octanol–water partition coefficient (Wildman–Crippen LogP) is 3.82. The van der Waals surface area contributed by atoms with Crippen molar-refractivity contribution in [1.29, 1.82) is 0 Å². The van der Waals surface area contributed by atoms with Crippen LogP contribution in [0, 0.1) is 0 Å². The molecule has 0 saturated heterocycles. The summed E-state index contributed by atoms with van der Waals surface area (Å²) in [5.74, 6) is 0.0911. The molecule has 0 amide bonds. The summed E-state index contributed by atoms with van der Waals surface area (Å²) in [5.41, 5.74) is 5.67. The van der Waals surface area contributed by atoms with Gasteiger partial charge in [-0.1, -0.05) is 51.2 Å². The molecule has 5 nitrogen and oxygen atoms in total. The molecular formula is C19H34N3O2+. The molecule has 0 aromatic rings. The SMILES string of the molecule is CCCCCCCC/C=C/CCC1=NC=C[N+]1(CCN)CC(=O)O. The van der Waals surface area contributed by atoms with Gasteiger partial charge in [-0.25, -0.2) is 14.3 Å². The van der Waals surface area contributed by atoms with Crippen LogP contribution in [0.25, 0.3) is 0 Å². The van der Waals surface area contributed by atoms with Crippen molar-refractivity contribution >= 4 is 11.8 Å². The van der Waals surface area contributed by atoms with Crippen LogP contribution in [0.15, 0.2) is 29.5 Å². The number of rotatable bonds is 14. The maximum atomic E-state index is 11.2. The summed E-state index contributed by atoms with van der Waals surface area (Å²) in [5, 5.41) is 9.17. The number of carboxylic acids is 1. The average molecular weight is 337 g/mol. The van der Waals surface area contributed by atoms with Crippen LogP contribution in [-0.4, -0.2) is 41.0 Å². The Labute approximate surface area is 146 Å². The number of aliphatic carboxylic acids is 1. The van der Waals surface area contributed by atoms with Crippen LogP contribution in [0.2, 0.25) is 0 Å². The van der Waals surface area contributed by atoms with E-state index in [0.29, 0.717) is 13.1 Å². The molecule has 3 N–H and O–H groups in total. The van der Waals surface area contributed by atoms with Gasteiger partial charge in [0, 0.05) is 13.0 Å². The van der Waals surface area contributed by atoms with Gasteiger partial charge >= 0.3 is 5.97 Å². The summed E-state index contributed by atoms with van der Waals surface area (Å²) in [6, 6.07) is 0. The van der Waals surface area contributed by atoms with E-state index in [4.69, 9.17) is 5.73 Å². The third-order valence-electron chi connectivity index (χ3n) is 4.46. The van der Waals surface area contributed by atoms with E-state index in [1.165, 1.54) is 38.5 Å². The number of hydrogen-bond acceptors (Lipinski definition) is 3. The molecule has 0 aromatic carbocycles. The minimum Gasteiger partial charge on any atom is -0.477 e. The third kappa shape index (κ3) is 7.41. The first kappa shape index (κ1) is 20.6. The normalized spacial score (nSPS) is 20.0. The van der Waals surface area contributed by atoms with Crippen LogP contribution < -0.4 is 5.73 Å². The second kappa shape index (κ2) is 12.0. The molecular weight excluding hydrogens is 302 g/mol. The van der Waals surface area contributed by atoms with Gasteiger partial charge in [0.15, 0.2) is 6.54 Å². The maximum Gasteiger partial charge on any atom is 0.360 e. The largest absolute Gasteiger partial charge is 0.477 e. The van der Waals surface area contributed by atoms with E-state index in [1.807, 2.05) is 6.20 Å². The van der Waals surface area contributed by atoms with E-state index in [1.54, 1.807) is 6.20 Å². The molecule has 24 heavy (non-hydrogen) atoms. The summed E-state index contributed by atoms with van der Waals surface area (Å²) >= 11 is 0. The van der Waals surface area contributed by atoms with Gasteiger partial charge in [-0.15, -0.1) is 0 Å². The average Bonchev–Trinajstić information content (AvgIpc) is 2.91. The Morgan fingerprint density at radius 3 is 2.62 bits per heavy atom. The number of aliphatic imine (C=N–C) groups is 1. The zero-order valence-electron chi connectivity index (χ0n) is 15.1. The highest BCUT2D eigenvalue weighted by molar-refractivity contribution is 5.81. The van der Waals surface area contributed by atoms with Crippen LogP contribution in [0.1, 0.15) is 64.7 Å². The Kier molecular flexibility index (Phi) is 10.3. The molecule has 0 saturated carbocycles. The summed E-state index contributed by atoms with van der Waals surface area (Å²) in [6.07, 6.45) is 18.8. The van der Waals surface area contributed by atoms with E-state index in [0.717, 1.165) is 25.1 Å². The van der Waals surface area contributed by atoms with E-state index in [9.17, 15) is 9.90 Å². The van der Waals surface area contributed by atoms with Gasteiger partial charge in [0.2, 0.25) is 5.84 Å². The molecule has 0 bridgehead atoms. The molecule has 136 valence electrons. The molecule has 5 heteroatoms. The van der Waals surface area contributed by atoms with Crippen molar-refractivity contribution in [1.82, 2.24) is 0 Å². The molecule has 0 fully saturated rings. The number of hydrogen-bond donors (Lipinski definition) is 2. The second-order valence-electron chi connectivity index (χ2n) is 6.51. The minimum absolute atomic E-state index is 0.0218. The topological polar surface area (TPSA) is 75.7 Å². The highest BCUT2D eigenvalue weighted by atomic mass is 16.4. The van der Waals surface area contributed by atoms with E-state index in [2.05, 4.69) is 24.1 Å². The highest BCUT2D eigenvalue weighted by Gasteiger charge is 2.36. The molecule has 0 radical (unpaired) electrons. The Balaban J connectivity index is 2.28. The van der Waals surface area contributed by atoms with Crippen molar-refractivity contribution in [3.63, 3.8) is 0 Å². The van der Waals surface area contributed by atoms with Crippen molar-refractivity contribution in [3.8, 4) is 0 Å². The van der Waals surface area contributed by atoms with Crippen molar-refractivity contribution in [2.75, 3.05) is 19.6 Å². The summed E-state index contributed by atoms with van der Waals surface area (Å²) < 4.78 is 0.275. The van der Waals surface area contributed by atoms with Crippen LogP contribution in [0.4, 0.5) is 0 Å². The van der Waals surface area contributed by atoms with Crippen molar-refractivity contribution in [2.24, 2.45) is 10.7 Å². The molecule has 1 heterocycles. The lowest BCUT2D eigenvalue weighted by atomic mass is 10.1. The van der Waals surface area contributed by atoms with E-state index < -0.39 is 5.97 Å².